The van der Waals surface area contributed by atoms with Crippen molar-refractivity contribution in [3.8, 4) is 11.3 Å². The van der Waals surface area contributed by atoms with Gasteiger partial charge in [0, 0.05) is 30.6 Å². The van der Waals surface area contributed by atoms with Gasteiger partial charge in [-0.05, 0) is 56.3 Å². The highest BCUT2D eigenvalue weighted by Gasteiger charge is 2.23. The largest absolute Gasteiger partial charge is 0.309 e. The van der Waals surface area contributed by atoms with Gasteiger partial charge < -0.3 is 4.72 Å². The van der Waals surface area contributed by atoms with Gasteiger partial charge in [-0.25, -0.2) is 9.97 Å². The summed E-state index contributed by atoms with van der Waals surface area (Å²) in [5, 5.41) is 1.37. The zero-order valence-electron chi connectivity index (χ0n) is 17.7. The van der Waals surface area contributed by atoms with E-state index in [0.717, 1.165) is 34.0 Å². The van der Waals surface area contributed by atoms with Crippen LogP contribution in [0.2, 0.25) is 5.02 Å². The van der Waals surface area contributed by atoms with E-state index in [4.69, 9.17) is 16.6 Å². The fourth-order valence-electron chi connectivity index (χ4n) is 3.61. The molecule has 0 aliphatic carbocycles. The minimum absolute atomic E-state index is 0.0639. The molecule has 1 aromatic carbocycles. The molecule has 1 saturated heterocycles. The Hall–Kier alpha value is -2.61. The van der Waals surface area contributed by atoms with Crippen molar-refractivity contribution in [2.45, 2.75) is 18.9 Å². The Morgan fingerprint density at radius 1 is 1.00 bits per heavy atom. The Balaban J connectivity index is 1.52. The highest BCUT2D eigenvalue weighted by Crippen LogP contribution is 2.33. The van der Waals surface area contributed by atoms with Crippen LogP contribution in [0.25, 0.3) is 11.3 Å². The van der Waals surface area contributed by atoms with Gasteiger partial charge in [-0.2, -0.15) is 0 Å². The molecule has 1 N–H and O–H groups in total. The fraction of sp³-hybridized carbons (Fsp3) is 0.261. The highest BCUT2D eigenvalue weighted by molar-refractivity contribution is 8.00. The van der Waals surface area contributed by atoms with E-state index in [9.17, 15) is 4.79 Å². The first-order valence-electron chi connectivity index (χ1n) is 10.0. The first kappa shape index (κ1) is 21.6. The third-order valence-corrected chi connectivity index (χ3v) is 6.27. The molecule has 0 saturated carbocycles. The number of carbonyl (C=O) groups is 1. The van der Waals surface area contributed by atoms with E-state index < -0.39 is 0 Å². The number of aryl methyl sites for hydroxylation is 2. The third kappa shape index (κ3) is 4.84. The predicted molar refractivity (Wildman–Crippen MR) is 128 cm³/mol. The number of aromatic nitrogens is 2. The Labute approximate surface area is 191 Å². The van der Waals surface area contributed by atoms with Gasteiger partial charge in [0.2, 0.25) is 5.91 Å². The number of likely N-dealkylation sites (N-methyl/N-ethyl adjacent to an activating group) is 1. The SMILES string of the molecule is Cc1cccc(C)c1-c1nc(NSc2cccc(N3CCN(C)CC3=O)n2)ccc1Cl. The van der Waals surface area contributed by atoms with Crippen LogP contribution < -0.4 is 9.62 Å². The molecule has 0 radical (unpaired) electrons. The molecular weight excluding hydrogens is 430 g/mol. The Kier molecular flexibility index (Phi) is 6.46. The molecular formula is C23H24ClN5OS. The van der Waals surface area contributed by atoms with Crippen LogP contribution in [0, 0.1) is 13.8 Å². The van der Waals surface area contributed by atoms with Crippen molar-refractivity contribution in [1.82, 2.24) is 14.9 Å². The van der Waals surface area contributed by atoms with Crippen LogP contribution in [0.1, 0.15) is 11.1 Å². The number of carbonyl (C=O) groups excluding carboxylic acids is 1. The van der Waals surface area contributed by atoms with Gasteiger partial charge in [-0.3, -0.25) is 14.6 Å². The van der Waals surface area contributed by atoms with E-state index in [1.54, 1.807) is 4.90 Å². The summed E-state index contributed by atoms with van der Waals surface area (Å²) in [6.45, 7) is 6.00. The van der Waals surface area contributed by atoms with Crippen LogP contribution in [0.15, 0.2) is 53.6 Å². The summed E-state index contributed by atoms with van der Waals surface area (Å²) < 4.78 is 3.26. The molecule has 6 nitrogen and oxygen atoms in total. The maximum Gasteiger partial charge on any atom is 0.242 e. The average molecular weight is 454 g/mol. The lowest BCUT2D eigenvalue weighted by molar-refractivity contribution is -0.120. The smallest absolute Gasteiger partial charge is 0.242 e. The zero-order chi connectivity index (χ0) is 22.0. The van der Waals surface area contributed by atoms with E-state index in [1.807, 2.05) is 48.3 Å². The number of nitrogens with zero attached hydrogens (tertiary/aromatic N) is 4. The van der Waals surface area contributed by atoms with Crippen molar-refractivity contribution >= 4 is 41.1 Å². The number of hydrogen-bond acceptors (Lipinski definition) is 6. The number of nitrogens with one attached hydrogen (secondary N) is 1. The summed E-state index contributed by atoms with van der Waals surface area (Å²) in [4.78, 5) is 25.5. The normalized spacial score (nSPS) is 14.7. The van der Waals surface area contributed by atoms with Crippen LogP contribution in [-0.2, 0) is 4.79 Å². The molecule has 31 heavy (non-hydrogen) atoms. The van der Waals surface area contributed by atoms with Gasteiger partial charge in [0.1, 0.15) is 16.7 Å². The van der Waals surface area contributed by atoms with Crippen molar-refractivity contribution in [1.29, 1.82) is 0 Å². The van der Waals surface area contributed by atoms with Gasteiger partial charge in [0.15, 0.2) is 0 Å². The van der Waals surface area contributed by atoms with E-state index in [2.05, 4.69) is 35.7 Å². The van der Waals surface area contributed by atoms with Gasteiger partial charge in [-0.15, -0.1) is 0 Å². The maximum atomic E-state index is 12.4. The molecule has 2 aromatic heterocycles. The van der Waals surface area contributed by atoms with Crippen LogP contribution in [0.4, 0.5) is 11.6 Å². The molecule has 8 heteroatoms. The summed E-state index contributed by atoms with van der Waals surface area (Å²) >= 11 is 7.83. The lowest BCUT2D eigenvalue weighted by Crippen LogP contribution is -2.49. The third-order valence-electron chi connectivity index (χ3n) is 5.22. The Bertz CT molecular complexity index is 1100. The number of anilines is 2. The summed E-state index contributed by atoms with van der Waals surface area (Å²) in [5.74, 6) is 1.43. The second kappa shape index (κ2) is 9.26. The first-order chi connectivity index (χ1) is 14.9. The van der Waals surface area contributed by atoms with Crippen LogP contribution >= 0.6 is 23.5 Å². The van der Waals surface area contributed by atoms with Gasteiger partial charge in [0.05, 0.1) is 17.3 Å². The fourth-order valence-corrected chi connectivity index (χ4v) is 4.42. The molecule has 160 valence electrons. The van der Waals surface area contributed by atoms with Crippen LogP contribution in [0.5, 0.6) is 0 Å². The predicted octanol–water partition coefficient (Wildman–Crippen LogP) is 4.81. The summed E-state index contributed by atoms with van der Waals surface area (Å²) in [6.07, 6.45) is 0. The molecule has 0 spiro atoms. The van der Waals surface area contributed by atoms with Crippen molar-refractivity contribution in [2.24, 2.45) is 0 Å². The number of piperazine rings is 1. The lowest BCUT2D eigenvalue weighted by atomic mass is 9.99. The van der Waals surface area contributed by atoms with E-state index >= 15 is 0 Å². The standard InChI is InChI=1S/C23H24ClN5OS/c1-15-6-4-7-16(2)22(15)23-17(24)10-11-18(25-23)27-31-20-9-5-8-19(26-20)29-13-12-28(3)14-21(29)30/h4-11H,12-14H2,1-3H3,(H,25,27). The monoisotopic (exact) mass is 453 g/mol. The summed E-state index contributed by atoms with van der Waals surface area (Å²) in [7, 11) is 1.95. The number of benzene rings is 1. The first-order valence-corrected chi connectivity index (χ1v) is 11.2. The van der Waals surface area contributed by atoms with Crippen LogP contribution in [-0.4, -0.2) is 47.5 Å². The topological polar surface area (TPSA) is 61.4 Å². The van der Waals surface area contributed by atoms with Crippen molar-refractivity contribution in [3.05, 3.63) is 64.7 Å². The molecule has 0 unspecified atom stereocenters. The minimum atomic E-state index is 0.0639. The minimum Gasteiger partial charge on any atom is -0.309 e. The molecule has 1 aliphatic rings. The summed E-state index contributed by atoms with van der Waals surface area (Å²) in [6, 6.07) is 15.5. The molecule has 3 aromatic rings. The van der Waals surface area contributed by atoms with Crippen molar-refractivity contribution < 1.29 is 4.79 Å². The summed E-state index contributed by atoms with van der Waals surface area (Å²) in [5.41, 5.74) is 4.07. The lowest BCUT2D eigenvalue weighted by Gasteiger charge is -2.31. The number of amides is 1. The van der Waals surface area contributed by atoms with Crippen LogP contribution in [0.3, 0.4) is 0 Å². The molecule has 1 aliphatic heterocycles. The zero-order valence-corrected chi connectivity index (χ0v) is 19.3. The van der Waals surface area contributed by atoms with E-state index in [-0.39, 0.29) is 5.91 Å². The second-order valence-electron chi connectivity index (χ2n) is 7.62. The molecule has 1 fully saturated rings. The number of pyridine rings is 2. The Morgan fingerprint density at radius 2 is 1.74 bits per heavy atom. The molecule has 0 atom stereocenters. The number of hydrogen-bond donors (Lipinski definition) is 1. The quantitative estimate of drug-likeness (QED) is 0.559. The molecule has 4 rings (SSSR count). The van der Waals surface area contributed by atoms with Crippen molar-refractivity contribution in [3.63, 3.8) is 0 Å². The number of halogens is 1. The number of rotatable bonds is 5. The molecule has 3 heterocycles. The Morgan fingerprint density at radius 3 is 2.48 bits per heavy atom. The van der Waals surface area contributed by atoms with Crippen molar-refractivity contribution in [2.75, 3.05) is 36.3 Å². The molecule has 0 bridgehead atoms. The van der Waals surface area contributed by atoms with Gasteiger partial charge >= 0.3 is 0 Å². The van der Waals surface area contributed by atoms with Gasteiger partial charge in [-0.1, -0.05) is 35.9 Å². The highest BCUT2D eigenvalue weighted by atomic mass is 35.5. The van der Waals surface area contributed by atoms with Gasteiger partial charge in [0.25, 0.3) is 0 Å². The van der Waals surface area contributed by atoms with E-state index in [0.29, 0.717) is 29.7 Å². The maximum absolute atomic E-state index is 12.4. The average Bonchev–Trinajstić information content (AvgIpc) is 2.74. The van der Waals surface area contributed by atoms with E-state index in [1.165, 1.54) is 11.9 Å². The second-order valence-corrected chi connectivity index (χ2v) is 8.85. The molecule has 1 amide bonds.